The fraction of sp³-hybridized carbons (Fsp3) is 0.789. The second kappa shape index (κ2) is 78.6. The van der Waals surface area contributed by atoms with Crippen molar-refractivity contribution in [1.29, 1.82) is 0 Å². The molecule has 0 radical (unpaired) electrons. The zero-order valence-electron chi connectivity index (χ0n) is 66.5. The van der Waals surface area contributed by atoms with E-state index in [0.29, 0.717) is 0 Å². The number of allylic oxidation sites excluding steroid dienone is 6. The van der Waals surface area contributed by atoms with E-state index in [2.05, 4.69) is 113 Å². The van der Waals surface area contributed by atoms with Crippen molar-refractivity contribution in [3.63, 3.8) is 0 Å². The Morgan fingerprint density at radius 3 is 0.724 bits per heavy atom. The molecule has 98 heavy (non-hydrogen) atoms. The van der Waals surface area contributed by atoms with Crippen molar-refractivity contribution < 1.29 is 16.5 Å². The van der Waals surface area contributed by atoms with E-state index in [9.17, 15) is 0 Å². The fourth-order valence-electron chi connectivity index (χ4n) is 14.6. The van der Waals surface area contributed by atoms with Crippen LogP contribution in [0.1, 0.15) is 482 Å². The molecule has 566 valence electrons. The van der Waals surface area contributed by atoms with Gasteiger partial charge in [-0.25, -0.2) is 4.99 Å². The molecule has 0 atom stereocenters. The zero-order chi connectivity index (χ0) is 69.0. The van der Waals surface area contributed by atoms with Crippen LogP contribution in [0.25, 0.3) is 0 Å². The minimum Gasteiger partial charge on any atom is -0.251 e. The normalized spacial score (nSPS) is 12.2. The minimum atomic E-state index is 0. The molecular formula is C95H168N2Ni+2. The van der Waals surface area contributed by atoms with E-state index in [1.807, 2.05) is 0 Å². The minimum absolute atomic E-state index is 0. The van der Waals surface area contributed by atoms with Crippen LogP contribution < -0.4 is 0 Å². The molecule has 0 heterocycles. The van der Waals surface area contributed by atoms with Gasteiger partial charge in [0.2, 0.25) is 0 Å². The van der Waals surface area contributed by atoms with Crippen molar-refractivity contribution in [3.8, 4) is 0 Å². The second-order valence-corrected chi connectivity index (χ2v) is 30.7. The molecule has 0 fully saturated rings. The molecule has 0 saturated carbocycles. The first-order chi connectivity index (χ1) is 48.2. The summed E-state index contributed by atoms with van der Waals surface area (Å²) in [5.41, 5.74) is 7.26. The first-order valence-electron chi connectivity index (χ1n) is 44.5. The van der Waals surface area contributed by atoms with E-state index < -0.39 is 0 Å². The van der Waals surface area contributed by atoms with Gasteiger partial charge in [0.25, 0.3) is 0 Å². The number of aliphatic imine (C=N–C) groups is 2. The summed E-state index contributed by atoms with van der Waals surface area (Å²) in [5.74, 6) is 0. The van der Waals surface area contributed by atoms with Crippen molar-refractivity contribution in [2.75, 3.05) is 0 Å². The van der Waals surface area contributed by atoms with E-state index in [-0.39, 0.29) is 16.5 Å². The van der Waals surface area contributed by atoms with Crippen molar-refractivity contribution >= 4 is 22.8 Å². The van der Waals surface area contributed by atoms with Crippen LogP contribution in [0.3, 0.4) is 0 Å². The molecule has 0 N–H and O–H groups in total. The Morgan fingerprint density at radius 1 is 0.235 bits per heavy atom. The van der Waals surface area contributed by atoms with Crippen LogP contribution in [0.2, 0.25) is 0 Å². The number of benzene rings is 2. The molecule has 0 spiro atoms. The van der Waals surface area contributed by atoms with E-state index in [1.54, 1.807) is 0 Å². The van der Waals surface area contributed by atoms with Crippen molar-refractivity contribution in [1.82, 2.24) is 0 Å². The first-order valence-corrected chi connectivity index (χ1v) is 44.5. The largest absolute Gasteiger partial charge is 2.00 e. The average Bonchev–Trinajstić information content (AvgIpc) is 0.890. The molecule has 0 unspecified atom stereocenters. The van der Waals surface area contributed by atoms with Crippen LogP contribution in [0.4, 0.5) is 11.4 Å². The van der Waals surface area contributed by atoms with Gasteiger partial charge in [0.1, 0.15) is 0 Å². The van der Waals surface area contributed by atoms with Gasteiger partial charge in [-0.15, -0.1) is 0 Å². The van der Waals surface area contributed by atoms with Gasteiger partial charge in [-0.2, -0.15) is 0 Å². The molecule has 0 amide bonds. The summed E-state index contributed by atoms with van der Waals surface area (Å²) in [6.45, 7) is 9.28. The molecule has 0 saturated heterocycles. The molecule has 0 aliphatic heterocycles. The van der Waals surface area contributed by atoms with E-state index >= 15 is 0 Å². The van der Waals surface area contributed by atoms with Gasteiger partial charge in [0.15, 0.2) is 0 Å². The van der Waals surface area contributed by atoms with Gasteiger partial charge in [0, 0.05) is 0 Å². The SMILES string of the molecule is CCCCCCCCCCCCCCCC/C=C/C(=N\c1ccccc1CC/C=C/CCCCCCCCCCCCCCCCCCC)C(/CCCCCCCCCCCCCCCCC)=N\c1ccccc1CC/C=C/CCCCCCCCCCCCCCCCCCC.[Ni+2]. The van der Waals surface area contributed by atoms with Crippen LogP contribution in [0.15, 0.2) is 95.0 Å². The zero-order valence-corrected chi connectivity index (χ0v) is 67.5. The Labute approximate surface area is 625 Å². The molecule has 0 bridgehead atoms. The van der Waals surface area contributed by atoms with Crippen LogP contribution in [0.5, 0.6) is 0 Å². The smallest absolute Gasteiger partial charge is 0.251 e. The topological polar surface area (TPSA) is 24.7 Å². The quantitative estimate of drug-likeness (QED) is 0.0273. The van der Waals surface area contributed by atoms with Crippen LogP contribution in [-0.2, 0) is 29.3 Å². The molecule has 2 rings (SSSR count). The summed E-state index contributed by atoms with van der Waals surface area (Å²) in [7, 11) is 0. The standard InChI is InChI=1S/C95H168N2.Ni/c1-5-9-13-17-21-25-29-33-37-40-42-44-46-48-51-54-58-62-66-70-74-82-90-84-78-80-86-92(90)96-94(88-76-72-68-64-60-56-50-36-32-28-24-20-16-12-8-4)95(89-77-73-69-65-61-57-53-39-35-31-27-23-19-15-11-7-3)97-93-87-81-79-85-91(93)83-75-71-67-63-59-55-52-49-47-45-43-41-38-34-30-26-22-18-14-10-6-2;/h66-67,70-71,77-81,84-87,89H,5-65,68-69,72-76,82-83,88H2,1-4H3;/q;+2/b70-66+,71-67+,89-77+,96-94-,97-95+;. The third kappa shape index (κ3) is 63.2. The van der Waals surface area contributed by atoms with E-state index in [0.717, 1.165) is 55.6 Å². The molecule has 2 aromatic rings. The van der Waals surface area contributed by atoms with Gasteiger partial charge < -0.3 is 0 Å². The number of nitrogens with zero attached hydrogens (tertiary/aromatic N) is 2. The number of hydrogen-bond acceptors (Lipinski definition) is 2. The number of hydrogen-bond donors (Lipinski definition) is 0. The van der Waals surface area contributed by atoms with Crippen molar-refractivity contribution in [2.45, 2.75) is 484 Å². The Hall–Kier alpha value is -2.51. The molecule has 0 aromatic heterocycles. The Bertz CT molecular complexity index is 2060. The Morgan fingerprint density at radius 2 is 0.449 bits per heavy atom. The summed E-state index contributed by atoms with van der Waals surface area (Å²) in [4.78, 5) is 11.5. The predicted molar refractivity (Wildman–Crippen MR) is 443 cm³/mol. The molecule has 2 nitrogen and oxygen atoms in total. The maximum absolute atomic E-state index is 5.74. The monoisotopic (exact) mass is 1400 g/mol. The van der Waals surface area contributed by atoms with Crippen molar-refractivity contribution in [3.05, 3.63) is 96.1 Å². The number of rotatable bonds is 77. The van der Waals surface area contributed by atoms with Gasteiger partial charge in [-0.05, 0) is 106 Å². The molecule has 3 heteroatoms. The van der Waals surface area contributed by atoms with Crippen molar-refractivity contribution in [2.24, 2.45) is 9.98 Å². The summed E-state index contributed by atoms with van der Waals surface area (Å²) >= 11 is 0. The summed E-state index contributed by atoms with van der Waals surface area (Å²) in [6, 6.07) is 18.2. The summed E-state index contributed by atoms with van der Waals surface area (Å²) in [6.07, 6.45) is 112. The summed E-state index contributed by atoms with van der Waals surface area (Å²) < 4.78 is 0. The summed E-state index contributed by atoms with van der Waals surface area (Å²) in [5, 5.41) is 0. The molecular weight excluding hydrogens is 1230 g/mol. The third-order valence-corrected chi connectivity index (χ3v) is 21.2. The van der Waals surface area contributed by atoms with Gasteiger partial charge in [0.05, 0.1) is 22.8 Å². The molecule has 0 aliphatic rings. The van der Waals surface area contributed by atoms with E-state index in [1.165, 1.54) is 434 Å². The Balaban J connectivity index is 0.0000480. The number of para-hydroxylation sites is 2. The van der Waals surface area contributed by atoms with Gasteiger partial charge in [-0.3, -0.25) is 4.99 Å². The fourth-order valence-corrected chi connectivity index (χ4v) is 14.6. The predicted octanol–water partition coefficient (Wildman–Crippen LogP) is 34.3. The van der Waals surface area contributed by atoms with Crippen LogP contribution in [0, 0.1) is 0 Å². The Kier molecular flexibility index (Phi) is 75.0. The number of aryl methyl sites for hydroxylation is 2. The van der Waals surface area contributed by atoms with E-state index in [4.69, 9.17) is 9.98 Å². The second-order valence-electron chi connectivity index (χ2n) is 30.7. The maximum atomic E-state index is 5.74. The van der Waals surface area contributed by atoms with Crippen LogP contribution >= 0.6 is 0 Å². The average molecular weight is 1400 g/mol. The van der Waals surface area contributed by atoms with Crippen LogP contribution in [-0.4, -0.2) is 11.4 Å². The number of unbranched alkanes of at least 4 members (excludes halogenated alkanes) is 62. The third-order valence-electron chi connectivity index (χ3n) is 21.2. The maximum Gasteiger partial charge on any atom is 2.00 e. The van der Waals surface area contributed by atoms with Gasteiger partial charge in [-0.1, -0.05) is 473 Å². The van der Waals surface area contributed by atoms with Gasteiger partial charge >= 0.3 is 16.5 Å². The molecule has 0 aliphatic carbocycles. The molecule has 2 aromatic carbocycles. The first kappa shape index (κ1) is 93.5.